The topological polar surface area (TPSA) is 75.3 Å². The highest BCUT2D eigenvalue weighted by Gasteiger charge is 2.23. The van der Waals surface area contributed by atoms with Gasteiger partial charge in [-0.15, -0.1) is 0 Å². The second kappa shape index (κ2) is 5.31. The molecule has 4 N–H and O–H groups in total. The van der Waals surface area contributed by atoms with Crippen molar-refractivity contribution in [2.45, 2.75) is 0 Å². The van der Waals surface area contributed by atoms with Crippen LogP contribution in [0.25, 0.3) is 0 Å². The molecule has 0 aliphatic rings. The van der Waals surface area contributed by atoms with Gasteiger partial charge in [0.25, 0.3) is 5.91 Å². The molecule has 0 atom stereocenters. The predicted octanol–water partition coefficient (Wildman–Crippen LogP) is 2.78. The Morgan fingerprint density at radius 2 is 1.76 bits per heavy atom. The highest BCUT2D eigenvalue weighted by molar-refractivity contribution is 6.06. The number of hydrogen-bond acceptors (Lipinski definition) is 3. The fraction of sp³-hybridized carbons (Fsp3) is 0. The van der Waals surface area contributed by atoms with Crippen molar-refractivity contribution < 1.29 is 27.5 Å². The number of benzene rings is 2. The van der Waals surface area contributed by atoms with Gasteiger partial charge in [0.15, 0.2) is 17.4 Å². The standard InChI is InChI=1S/C13H8F4N2O2/c14-6-2-1-3-8(18)11(6)19-13(21)5-4-7(15)10(17)12(20)9(5)16/h1-4,20H,18H2,(H,19,21). The van der Waals surface area contributed by atoms with Crippen LogP contribution in [-0.2, 0) is 0 Å². The minimum absolute atomic E-state index is 0.143. The Kier molecular flexibility index (Phi) is 3.70. The van der Waals surface area contributed by atoms with Gasteiger partial charge in [0.2, 0.25) is 5.82 Å². The molecular formula is C13H8F4N2O2. The number of amides is 1. The quantitative estimate of drug-likeness (QED) is 0.453. The van der Waals surface area contributed by atoms with Crippen molar-refractivity contribution in [1.82, 2.24) is 0 Å². The van der Waals surface area contributed by atoms with E-state index in [9.17, 15) is 22.4 Å². The highest BCUT2D eigenvalue weighted by atomic mass is 19.2. The second-order valence-corrected chi connectivity index (χ2v) is 4.04. The van der Waals surface area contributed by atoms with E-state index in [0.29, 0.717) is 0 Å². The minimum atomic E-state index is -1.82. The van der Waals surface area contributed by atoms with E-state index in [1.807, 2.05) is 5.32 Å². The molecule has 8 heteroatoms. The Morgan fingerprint density at radius 3 is 2.38 bits per heavy atom. The van der Waals surface area contributed by atoms with Crippen LogP contribution in [-0.4, -0.2) is 11.0 Å². The zero-order chi connectivity index (χ0) is 15.7. The smallest absolute Gasteiger partial charge is 0.259 e. The molecule has 0 radical (unpaired) electrons. The number of rotatable bonds is 2. The second-order valence-electron chi connectivity index (χ2n) is 4.04. The van der Waals surface area contributed by atoms with Gasteiger partial charge in [-0.05, 0) is 18.2 Å². The van der Waals surface area contributed by atoms with E-state index in [0.717, 1.165) is 6.07 Å². The van der Waals surface area contributed by atoms with Gasteiger partial charge < -0.3 is 16.2 Å². The first-order valence-electron chi connectivity index (χ1n) is 5.54. The van der Waals surface area contributed by atoms with E-state index in [1.54, 1.807) is 0 Å². The first-order valence-corrected chi connectivity index (χ1v) is 5.54. The van der Waals surface area contributed by atoms with Gasteiger partial charge >= 0.3 is 0 Å². The number of nitrogen functional groups attached to an aromatic ring is 1. The third-order valence-electron chi connectivity index (χ3n) is 2.66. The van der Waals surface area contributed by atoms with Crippen molar-refractivity contribution in [2.75, 3.05) is 11.1 Å². The summed E-state index contributed by atoms with van der Waals surface area (Å²) in [5.74, 6) is -8.94. The van der Waals surface area contributed by atoms with Crippen LogP contribution in [0, 0.1) is 23.3 Å². The van der Waals surface area contributed by atoms with E-state index >= 15 is 0 Å². The normalized spacial score (nSPS) is 10.5. The third kappa shape index (κ3) is 2.60. The molecule has 4 nitrogen and oxygen atoms in total. The number of carbonyl (C=O) groups excluding carboxylic acids is 1. The van der Waals surface area contributed by atoms with Crippen LogP contribution >= 0.6 is 0 Å². The maximum Gasteiger partial charge on any atom is 0.259 e. The lowest BCUT2D eigenvalue weighted by Crippen LogP contribution is -2.17. The lowest BCUT2D eigenvalue weighted by molar-refractivity contribution is 0.102. The molecule has 21 heavy (non-hydrogen) atoms. The summed E-state index contributed by atoms with van der Waals surface area (Å²) in [6.45, 7) is 0. The number of phenols is 1. The summed E-state index contributed by atoms with van der Waals surface area (Å²) in [6, 6.07) is 3.80. The molecule has 2 rings (SSSR count). The van der Waals surface area contributed by atoms with Gasteiger partial charge in [-0.25, -0.2) is 13.2 Å². The molecule has 0 bridgehead atoms. The molecule has 2 aromatic carbocycles. The van der Waals surface area contributed by atoms with E-state index in [4.69, 9.17) is 10.8 Å². The summed E-state index contributed by atoms with van der Waals surface area (Å²) in [6.07, 6.45) is 0. The zero-order valence-electron chi connectivity index (χ0n) is 10.3. The summed E-state index contributed by atoms with van der Waals surface area (Å²) >= 11 is 0. The maximum atomic E-state index is 13.6. The predicted molar refractivity (Wildman–Crippen MR) is 66.7 cm³/mol. The molecule has 2 aromatic rings. The Bertz CT molecular complexity index is 714. The number of phenolic OH excluding ortho intramolecular Hbond substituents is 1. The lowest BCUT2D eigenvalue weighted by atomic mass is 10.1. The summed E-state index contributed by atoms with van der Waals surface area (Å²) in [5.41, 5.74) is 3.86. The molecular weight excluding hydrogens is 292 g/mol. The first-order chi connectivity index (χ1) is 9.82. The number of para-hydroxylation sites is 1. The van der Waals surface area contributed by atoms with E-state index in [-0.39, 0.29) is 11.8 Å². The van der Waals surface area contributed by atoms with Crippen LogP contribution < -0.4 is 11.1 Å². The molecule has 0 unspecified atom stereocenters. The Morgan fingerprint density at radius 1 is 1.10 bits per heavy atom. The first kappa shape index (κ1) is 14.6. The van der Waals surface area contributed by atoms with Crippen molar-refractivity contribution >= 4 is 17.3 Å². The summed E-state index contributed by atoms with van der Waals surface area (Å²) in [5, 5.41) is 11.0. The SMILES string of the molecule is Nc1cccc(F)c1NC(=O)c1cc(F)c(F)c(O)c1F. The average molecular weight is 300 g/mol. The fourth-order valence-electron chi connectivity index (χ4n) is 1.61. The number of aromatic hydroxyl groups is 1. The summed E-state index contributed by atoms with van der Waals surface area (Å²) in [7, 11) is 0. The van der Waals surface area contributed by atoms with Crippen molar-refractivity contribution in [3.05, 3.63) is 53.1 Å². The summed E-state index contributed by atoms with van der Waals surface area (Å²) < 4.78 is 53.0. The summed E-state index contributed by atoms with van der Waals surface area (Å²) in [4.78, 5) is 11.8. The van der Waals surface area contributed by atoms with E-state index in [2.05, 4.69) is 0 Å². The molecule has 0 spiro atoms. The van der Waals surface area contributed by atoms with Crippen LogP contribution in [0.2, 0.25) is 0 Å². The highest BCUT2D eigenvalue weighted by Crippen LogP contribution is 2.28. The van der Waals surface area contributed by atoms with Gasteiger partial charge in [-0.3, -0.25) is 4.79 Å². The monoisotopic (exact) mass is 300 g/mol. The molecule has 1 amide bonds. The third-order valence-corrected chi connectivity index (χ3v) is 2.66. The minimum Gasteiger partial charge on any atom is -0.503 e. The van der Waals surface area contributed by atoms with Crippen LogP contribution in [0.4, 0.5) is 28.9 Å². The van der Waals surface area contributed by atoms with Crippen molar-refractivity contribution in [3.63, 3.8) is 0 Å². The molecule has 0 aliphatic heterocycles. The largest absolute Gasteiger partial charge is 0.503 e. The van der Waals surface area contributed by atoms with Gasteiger partial charge in [0, 0.05) is 0 Å². The average Bonchev–Trinajstić information content (AvgIpc) is 2.44. The maximum absolute atomic E-state index is 13.6. The number of nitrogens with two attached hydrogens (primary N) is 1. The molecule has 0 saturated heterocycles. The van der Waals surface area contributed by atoms with Gasteiger partial charge in [0.1, 0.15) is 11.5 Å². The van der Waals surface area contributed by atoms with Crippen molar-refractivity contribution in [2.24, 2.45) is 0 Å². The Balaban J connectivity index is 2.42. The Hall–Kier alpha value is -2.77. The fourth-order valence-corrected chi connectivity index (χ4v) is 1.61. The molecule has 0 aliphatic carbocycles. The zero-order valence-corrected chi connectivity index (χ0v) is 10.3. The number of hydrogen-bond donors (Lipinski definition) is 3. The van der Waals surface area contributed by atoms with Gasteiger partial charge in [-0.1, -0.05) is 6.07 Å². The molecule has 0 saturated carbocycles. The van der Waals surface area contributed by atoms with E-state index in [1.165, 1.54) is 12.1 Å². The van der Waals surface area contributed by atoms with Crippen LogP contribution in [0.5, 0.6) is 5.75 Å². The number of carbonyl (C=O) groups is 1. The Labute approximate surface area is 115 Å². The van der Waals surface area contributed by atoms with Crippen molar-refractivity contribution in [1.29, 1.82) is 0 Å². The number of nitrogens with one attached hydrogen (secondary N) is 1. The van der Waals surface area contributed by atoms with Crippen molar-refractivity contribution in [3.8, 4) is 5.75 Å². The number of anilines is 2. The molecule has 110 valence electrons. The molecule has 0 aromatic heterocycles. The lowest BCUT2D eigenvalue weighted by Gasteiger charge is -2.10. The van der Waals surface area contributed by atoms with Crippen LogP contribution in [0.3, 0.4) is 0 Å². The van der Waals surface area contributed by atoms with Gasteiger partial charge in [-0.2, -0.15) is 4.39 Å². The van der Waals surface area contributed by atoms with Gasteiger partial charge in [0.05, 0.1) is 11.3 Å². The molecule has 0 fully saturated rings. The van der Waals surface area contributed by atoms with E-state index < -0.39 is 46.2 Å². The number of halogens is 4. The molecule has 0 heterocycles. The van der Waals surface area contributed by atoms with Crippen LogP contribution in [0.15, 0.2) is 24.3 Å². The van der Waals surface area contributed by atoms with Crippen LogP contribution in [0.1, 0.15) is 10.4 Å².